The fourth-order valence-electron chi connectivity index (χ4n) is 1.87. The molecule has 1 heterocycles. The van der Waals surface area contributed by atoms with Crippen molar-refractivity contribution < 1.29 is 9.90 Å². The normalized spacial score (nSPS) is 16.3. The molecular weight excluding hydrogens is 192 g/mol. The van der Waals surface area contributed by atoms with Crippen LogP contribution in [0, 0.1) is 5.92 Å². The van der Waals surface area contributed by atoms with Crippen LogP contribution in [0.5, 0.6) is 0 Å². The van der Waals surface area contributed by atoms with Crippen molar-refractivity contribution in [3.05, 3.63) is 17.5 Å². The van der Waals surface area contributed by atoms with Crippen LogP contribution in [0.3, 0.4) is 0 Å². The third kappa shape index (κ3) is 2.03. The van der Waals surface area contributed by atoms with E-state index in [-0.39, 0.29) is 0 Å². The lowest BCUT2D eigenvalue weighted by Gasteiger charge is -2.25. The summed E-state index contributed by atoms with van der Waals surface area (Å²) in [7, 11) is 0. The molecule has 1 aliphatic carbocycles. The van der Waals surface area contributed by atoms with Gasteiger partial charge in [-0.3, -0.25) is 4.68 Å². The number of carboxylic acid groups (broad SMARTS) is 1. The average molecular weight is 208 g/mol. The zero-order valence-corrected chi connectivity index (χ0v) is 8.94. The second kappa shape index (κ2) is 4.04. The molecule has 0 aliphatic heterocycles. The highest BCUT2D eigenvalue weighted by molar-refractivity contribution is 5.85. The van der Waals surface area contributed by atoms with Gasteiger partial charge in [0.05, 0.1) is 5.69 Å². The van der Waals surface area contributed by atoms with E-state index in [0.717, 1.165) is 18.7 Å². The first-order chi connectivity index (χ1) is 7.20. The monoisotopic (exact) mass is 208 g/mol. The third-order valence-electron chi connectivity index (χ3n) is 3.07. The predicted molar refractivity (Wildman–Crippen MR) is 55.9 cm³/mol. The summed E-state index contributed by atoms with van der Waals surface area (Å²) in [6, 6.07) is 1.68. The molecule has 1 aromatic rings. The van der Waals surface area contributed by atoms with E-state index in [1.807, 2.05) is 6.92 Å². The molecule has 4 heteroatoms. The van der Waals surface area contributed by atoms with E-state index in [0.29, 0.717) is 11.6 Å². The van der Waals surface area contributed by atoms with E-state index >= 15 is 0 Å². The molecule has 4 nitrogen and oxygen atoms in total. The quantitative estimate of drug-likeness (QED) is 0.822. The summed E-state index contributed by atoms with van der Waals surface area (Å²) in [6.45, 7) is 2.75. The molecule has 82 valence electrons. The number of rotatable bonds is 4. The van der Waals surface area contributed by atoms with Gasteiger partial charge in [0.2, 0.25) is 0 Å². The Bertz CT molecular complexity index is 367. The van der Waals surface area contributed by atoms with Crippen LogP contribution < -0.4 is 0 Å². The Labute approximate surface area is 88.9 Å². The molecule has 0 saturated heterocycles. The molecule has 2 rings (SSSR count). The van der Waals surface area contributed by atoms with Crippen molar-refractivity contribution in [2.24, 2.45) is 5.92 Å². The zero-order chi connectivity index (χ0) is 10.8. The van der Waals surface area contributed by atoms with Gasteiger partial charge in [-0.2, -0.15) is 5.10 Å². The Morgan fingerprint density at radius 1 is 1.67 bits per heavy atom. The number of aromatic carboxylic acids is 1. The second-order valence-corrected chi connectivity index (χ2v) is 4.16. The summed E-state index contributed by atoms with van der Waals surface area (Å²) in [6.07, 6.45) is 4.48. The Morgan fingerprint density at radius 3 is 2.87 bits per heavy atom. The summed E-state index contributed by atoms with van der Waals surface area (Å²) in [5.41, 5.74) is 1.20. The maximum absolute atomic E-state index is 11.0. The maximum atomic E-state index is 11.0. The SMILES string of the molecule is CCc1cc(C(=O)O)n(CC2CCC2)n1. The molecule has 0 radical (unpaired) electrons. The van der Waals surface area contributed by atoms with Gasteiger partial charge in [-0.25, -0.2) is 4.79 Å². The van der Waals surface area contributed by atoms with Crippen LogP contribution >= 0.6 is 0 Å². The number of aryl methyl sites for hydroxylation is 1. The Hall–Kier alpha value is -1.32. The van der Waals surface area contributed by atoms with E-state index in [4.69, 9.17) is 5.11 Å². The van der Waals surface area contributed by atoms with E-state index < -0.39 is 5.97 Å². The van der Waals surface area contributed by atoms with Crippen molar-refractivity contribution >= 4 is 5.97 Å². The van der Waals surface area contributed by atoms with E-state index in [2.05, 4.69) is 5.10 Å². The van der Waals surface area contributed by atoms with Gasteiger partial charge in [0.15, 0.2) is 0 Å². The number of hydrogen-bond acceptors (Lipinski definition) is 2. The van der Waals surface area contributed by atoms with Gasteiger partial charge >= 0.3 is 5.97 Å². The number of hydrogen-bond donors (Lipinski definition) is 1. The fraction of sp³-hybridized carbons (Fsp3) is 0.636. The minimum atomic E-state index is -0.874. The summed E-state index contributed by atoms with van der Waals surface area (Å²) >= 11 is 0. The van der Waals surface area contributed by atoms with Crippen LogP contribution in [0.4, 0.5) is 0 Å². The standard InChI is InChI=1S/C11H16N2O2/c1-2-9-6-10(11(14)15)13(12-9)7-8-4-3-5-8/h6,8H,2-5,7H2,1H3,(H,14,15). The highest BCUT2D eigenvalue weighted by Crippen LogP contribution is 2.28. The molecule has 1 aromatic heterocycles. The van der Waals surface area contributed by atoms with Gasteiger partial charge in [-0.05, 0) is 31.2 Å². The van der Waals surface area contributed by atoms with Crippen molar-refractivity contribution in [2.45, 2.75) is 39.2 Å². The summed E-state index contributed by atoms with van der Waals surface area (Å²) in [5.74, 6) is -0.241. The van der Waals surface area contributed by atoms with Crippen molar-refractivity contribution in [1.82, 2.24) is 9.78 Å². The Morgan fingerprint density at radius 2 is 2.40 bits per heavy atom. The summed E-state index contributed by atoms with van der Waals surface area (Å²) < 4.78 is 1.66. The minimum Gasteiger partial charge on any atom is -0.477 e. The molecule has 0 amide bonds. The minimum absolute atomic E-state index is 0.332. The third-order valence-corrected chi connectivity index (χ3v) is 3.07. The lowest BCUT2D eigenvalue weighted by Crippen LogP contribution is -2.21. The van der Waals surface area contributed by atoms with E-state index in [1.165, 1.54) is 19.3 Å². The van der Waals surface area contributed by atoms with Crippen LogP contribution in [0.15, 0.2) is 6.07 Å². The van der Waals surface area contributed by atoms with E-state index in [9.17, 15) is 4.79 Å². The van der Waals surface area contributed by atoms with Crippen molar-refractivity contribution in [2.75, 3.05) is 0 Å². The predicted octanol–water partition coefficient (Wildman–Crippen LogP) is 1.94. The average Bonchev–Trinajstić information content (AvgIpc) is 2.54. The number of carboxylic acids is 1. The smallest absolute Gasteiger partial charge is 0.354 e. The molecule has 1 aliphatic rings. The lowest BCUT2D eigenvalue weighted by atomic mass is 9.85. The fourth-order valence-corrected chi connectivity index (χ4v) is 1.87. The van der Waals surface area contributed by atoms with Crippen molar-refractivity contribution in [1.29, 1.82) is 0 Å². The largest absolute Gasteiger partial charge is 0.477 e. The topological polar surface area (TPSA) is 55.1 Å². The van der Waals surface area contributed by atoms with Crippen LogP contribution in [-0.2, 0) is 13.0 Å². The molecule has 1 fully saturated rings. The zero-order valence-electron chi connectivity index (χ0n) is 8.94. The van der Waals surface area contributed by atoms with Crippen molar-refractivity contribution in [3.8, 4) is 0 Å². The molecule has 1 N–H and O–H groups in total. The van der Waals surface area contributed by atoms with Gasteiger partial charge in [0, 0.05) is 6.54 Å². The highest BCUT2D eigenvalue weighted by Gasteiger charge is 2.21. The van der Waals surface area contributed by atoms with Crippen LogP contribution in [0.2, 0.25) is 0 Å². The molecule has 0 spiro atoms. The lowest BCUT2D eigenvalue weighted by molar-refractivity contribution is 0.0680. The van der Waals surface area contributed by atoms with Gasteiger partial charge in [-0.1, -0.05) is 13.3 Å². The first kappa shape index (κ1) is 10.2. The number of nitrogens with zero attached hydrogens (tertiary/aromatic N) is 2. The number of carbonyl (C=O) groups is 1. The highest BCUT2D eigenvalue weighted by atomic mass is 16.4. The summed E-state index contributed by atoms with van der Waals surface area (Å²) in [5, 5.41) is 13.3. The number of aromatic nitrogens is 2. The van der Waals surface area contributed by atoms with Gasteiger partial charge in [-0.15, -0.1) is 0 Å². The van der Waals surface area contributed by atoms with E-state index in [1.54, 1.807) is 10.7 Å². The van der Waals surface area contributed by atoms with Crippen molar-refractivity contribution in [3.63, 3.8) is 0 Å². The summed E-state index contributed by atoms with van der Waals surface area (Å²) in [4.78, 5) is 11.0. The Kier molecular flexibility index (Phi) is 2.75. The Balaban J connectivity index is 2.18. The van der Waals surface area contributed by atoms with Gasteiger partial charge in [0.1, 0.15) is 5.69 Å². The first-order valence-electron chi connectivity index (χ1n) is 5.50. The first-order valence-corrected chi connectivity index (χ1v) is 5.50. The molecule has 15 heavy (non-hydrogen) atoms. The van der Waals surface area contributed by atoms with Crippen LogP contribution in [-0.4, -0.2) is 20.9 Å². The second-order valence-electron chi connectivity index (χ2n) is 4.16. The molecule has 0 aromatic carbocycles. The van der Waals surface area contributed by atoms with Crippen LogP contribution in [0.25, 0.3) is 0 Å². The molecule has 0 atom stereocenters. The molecule has 0 bridgehead atoms. The van der Waals surface area contributed by atoms with Gasteiger partial charge < -0.3 is 5.11 Å². The molecule has 0 unspecified atom stereocenters. The molecular formula is C11H16N2O2. The van der Waals surface area contributed by atoms with Gasteiger partial charge in [0.25, 0.3) is 0 Å². The maximum Gasteiger partial charge on any atom is 0.354 e. The molecule has 1 saturated carbocycles. The van der Waals surface area contributed by atoms with Crippen LogP contribution in [0.1, 0.15) is 42.4 Å².